The monoisotopic (exact) mass is 209 g/mol. The molecule has 0 bridgehead atoms. The van der Waals surface area contributed by atoms with Crippen LogP contribution in [0.2, 0.25) is 0 Å². The SMILES string of the molecule is c1c(C2CCNCC2)sc2c1COC2. The van der Waals surface area contributed by atoms with Crippen LogP contribution in [0.1, 0.15) is 34.1 Å². The molecule has 76 valence electrons. The van der Waals surface area contributed by atoms with Gasteiger partial charge in [-0.15, -0.1) is 11.3 Å². The van der Waals surface area contributed by atoms with E-state index in [4.69, 9.17) is 4.74 Å². The van der Waals surface area contributed by atoms with E-state index in [2.05, 4.69) is 11.4 Å². The third-order valence-corrected chi connectivity index (χ3v) is 4.46. The maximum atomic E-state index is 5.40. The summed E-state index contributed by atoms with van der Waals surface area (Å²) in [5.41, 5.74) is 1.45. The van der Waals surface area contributed by atoms with E-state index in [9.17, 15) is 0 Å². The molecule has 3 rings (SSSR count). The highest BCUT2D eigenvalue weighted by Crippen LogP contribution is 2.36. The summed E-state index contributed by atoms with van der Waals surface area (Å²) in [6.45, 7) is 4.06. The summed E-state index contributed by atoms with van der Waals surface area (Å²) in [6, 6.07) is 2.38. The fourth-order valence-corrected chi connectivity index (χ4v) is 3.57. The Balaban J connectivity index is 1.82. The van der Waals surface area contributed by atoms with Gasteiger partial charge in [-0.3, -0.25) is 0 Å². The third-order valence-electron chi connectivity index (χ3n) is 3.15. The molecule has 0 aromatic carbocycles. The van der Waals surface area contributed by atoms with Crippen molar-refractivity contribution in [3.8, 4) is 0 Å². The Morgan fingerprint density at radius 3 is 2.93 bits per heavy atom. The van der Waals surface area contributed by atoms with E-state index < -0.39 is 0 Å². The second kappa shape index (κ2) is 3.65. The average Bonchev–Trinajstić information content (AvgIpc) is 2.78. The number of hydrogen-bond acceptors (Lipinski definition) is 3. The molecule has 0 atom stereocenters. The van der Waals surface area contributed by atoms with Gasteiger partial charge < -0.3 is 10.1 Å². The fraction of sp³-hybridized carbons (Fsp3) is 0.636. The average molecular weight is 209 g/mol. The Hall–Kier alpha value is -0.380. The number of hydrogen-bond donors (Lipinski definition) is 1. The smallest absolute Gasteiger partial charge is 0.0817 e. The highest BCUT2D eigenvalue weighted by atomic mass is 32.1. The summed E-state index contributed by atoms with van der Waals surface area (Å²) in [5, 5.41) is 3.41. The highest BCUT2D eigenvalue weighted by Gasteiger charge is 2.21. The van der Waals surface area contributed by atoms with Crippen LogP contribution >= 0.6 is 11.3 Å². The maximum absolute atomic E-state index is 5.40. The molecule has 2 aliphatic heterocycles. The van der Waals surface area contributed by atoms with Crippen LogP contribution in [0.4, 0.5) is 0 Å². The van der Waals surface area contributed by atoms with Gasteiger partial charge >= 0.3 is 0 Å². The molecule has 0 radical (unpaired) electrons. The first kappa shape index (κ1) is 8.89. The van der Waals surface area contributed by atoms with E-state index in [1.54, 1.807) is 4.88 Å². The minimum Gasteiger partial charge on any atom is -0.371 e. The Kier molecular flexibility index (Phi) is 2.32. The van der Waals surface area contributed by atoms with Crippen molar-refractivity contribution in [1.82, 2.24) is 5.32 Å². The number of nitrogens with one attached hydrogen (secondary N) is 1. The molecule has 2 nitrogen and oxygen atoms in total. The van der Waals surface area contributed by atoms with Crippen molar-refractivity contribution >= 4 is 11.3 Å². The van der Waals surface area contributed by atoms with Crippen LogP contribution in [0.15, 0.2) is 6.07 Å². The van der Waals surface area contributed by atoms with Crippen molar-refractivity contribution in [1.29, 1.82) is 0 Å². The Morgan fingerprint density at radius 1 is 1.29 bits per heavy atom. The van der Waals surface area contributed by atoms with Crippen molar-refractivity contribution in [2.45, 2.75) is 32.0 Å². The van der Waals surface area contributed by atoms with Crippen molar-refractivity contribution in [2.24, 2.45) is 0 Å². The van der Waals surface area contributed by atoms with Crippen LogP contribution in [0.5, 0.6) is 0 Å². The molecule has 2 aliphatic rings. The molecule has 0 spiro atoms. The molecule has 0 unspecified atom stereocenters. The Bertz CT molecular complexity index is 307. The van der Waals surface area contributed by atoms with Gasteiger partial charge in [0.25, 0.3) is 0 Å². The van der Waals surface area contributed by atoms with E-state index in [1.165, 1.54) is 36.4 Å². The lowest BCUT2D eigenvalue weighted by molar-refractivity contribution is 0.135. The van der Waals surface area contributed by atoms with Crippen molar-refractivity contribution < 1.29 is 4.74 Å². The number of fused-ring (bicyclic) bond motifs is 1. The van der Waals surface area contributed by atoms with Gasteiger partial charge in [0.05, 0.1) is 13.2 Å². The molecule has 1 saturated heterocycles. The summed E-state index contributed by atoms with van der Waals surface area (Å²) in [7, 11) is 0. The van der Waals surface area contributed by atoms with Gasteiger partial charge in [-0.2, -0.15) is 0 Å². The summed E-state index contributed by atoms with van der Waals surface area (Å²) >= 11 is 1.98. The van der Waals surface area contributed by atoms with Gasteiger partial charge in [0, 0.05) is 9.75 Å². The number of piperidine rings is 1. The number of rotatable bonds is 1. The number of thiophene rings is 1. The van der Waals surface area contributed by atoms with Gasteiger partial charge in [-0.05, 0) is 43.5 Å². The minimum atomic E-state index is 0.812. The zero-order chi connectivity index (χ0) is 9.38. The zero-order valence-corrected chi connectivity index (χ0v) is 9.03. The minimum absolute atomic E-state index is 0.812. The van der Waals surface area contributed by atoms with Crippen molar-refractivity contribution in [2.75, 3.05) is 13.1 Å². The van der Waals surface area contributed by atoms with E-state index >= 15 is 0 Å². The predicted molar refractivity (Wildman–Crippen MR) is 57.7 cm³/mol. The van der Waals surface area contributed by atoms with Crippen LogP contribution in [-0.2, 0) is 18.0 Å². The molecule has 0 saturated carbocycles. The van der Waals surface area contributed by atoms with Crippen molar-refractivity contribution in [3.63, 3.8) is 0 Å². The Morgan fingerprint density at radius 2 is 2.14 bits per heavy atom. The summed E-state index contributed by atoms with van der Waals surface area (Å²) in [4.78, 5) is 3.07. The lowest BCUT2D eigenvalue weighted by Crippen LogP contribution is -2.26. The summed E-state index contributed by atoms with van der Waals surface area (Å²) in [6.07, 6.45) is 2.61. The molecule has 1 aromatic rings. The molecule has 1 fully saturated rings. The maximum Gasteiger partial charge on any atom is 0.0817 e. The van der Waals surface area contributed by atoms with Crippen LogP contribution in [0.25, 0.3) is 0 Å². The molecular formula is C11H15NOS. The van der Waals surface area contributed by atoms with Gasteiger partial charge in [0.2, 0.25) is 0 Å². The molecular weight excluding hydrogens is 194 g/mol. The molecule has 0 aliphatic carbocycles. The van der Waals surface area contributed by atoms with E-state index in [0.29, 0.717) is 0 Å². The fourth-order valence-electron chi connectivity index (χ4n) is 2.30. The van der Waals surface area contributed by atoms with E-state index in [-0.39, 0.29) is 0 Å². The van der Waals surface area contributed by atoms with E-state index in [1.807, 2.05) is 11.3 Å². The van der Waals surface area contributed by atoms with Crippen LogP contribution in [-0.4, -0.2) is 13.1 Å². The second-order valence-corrected chi connectivity index (χ2v) is 5.28. The molecule has 3 heterocycles. The van der Waals surface area contributed by atoms with E-state index in [0.717, 1.165) is 19.1 Å². The zero-order valence-electron chi connectivity index (χ0n) is 8.21. The molecule has 1 aromatic heterocycles. The first-order chi connectivity index (χ1) is 6.93. The van der Waals surface area contributed by atoms with Crippen LogP contribution in [0, 0.1) is 0 Å². The standard InChI is InChI=1S/C11H15NOS/c1-3-12-4-2-8(1)10-5-9-6-13-7-11(9)14-10/h5,8,12H,1-4,6-7H2. The van der Waals surface area contributed by atoms with Crippen molar-refractivity contribution in [3.05, 3.63) is 21.4 Å². The quantitative estimate of drug-likeness (QED) is 0.766. The molecule has 1 N–H and O–H groups in total. The first-order valence-electron chi connectivity index (χ1n) is 5.33. The van der Waals surface area contributed by atoms with Gasteiger partial charge in [-0.1, -0.05) is 0 Å². The highest BCUT2D eigenvalue weighted by molar-refractivity contribution is 7.12. The van der Waals surface area contributed by atoms with Gasteiger partial charge in [-0.25, -0.2) is 0 Å². The van der Waals surface area contributed by atoms with Crippen LogP contribution in [0.3, 0.4) is 0 Å². The lowest BCUT2D eigenvalue weighted by atomic mass is 9.96. The topological polar surface area (TPSA) is 21.3 Å². The van der Waals surface area contributed by atoms with Crippen LogP contribution < -0.4 is 5.32 Å². The molecule has 3 heteroatoms. The largest absolute Gasteiger partial charge is 0.371 e. The summed E-state index contributed by atoms with van der Waals surface area (Å²) < 4.78 is 5.40. The first-order valence-corrected chi connectivity index (χ1v) is 6.15. The molecule has 0 amide bonds. The predicted octanol–water partition coefficient (Wildman–Crippen LogP) is 2.25. The normalized spacial score (nSPS) is 22.6. The van der Waals surface area contributed by atoms with Gasteiger partial charge in [0.1, 0.15) is 0 Å². The number of ether oxygens (including phenoxy) is 1. The molecule has 14 heavy (non-hydrogen) atoms. The third kappa shape index (κ3) is 1.49. The van der Waals surface area contributed by atoms with Gasteiger partial charge in [0.15, 0.2) is 0 Å². The second-order valence-electron chi connectivity index (χ2n) is 4.11. The summed E-state index contributed by atoms with van der Waals surface area (Å²) in [5.74, 6) is 0.812. The Labute approximate surface area is 88.3 Å². The lowest BCUT2D eigenvalue weighted by Gasteiger charge is -2.21.